The molecule has 0 atom stereocenters. The quantitative estimate of drug-likeness (QED) is 0.640. The molecule has 1 aromatic heterocycles. The molecule has 100 valence electrons. The van der Waals surface area contributed by atoms with Crippen molar-refractivity contribution in [2.24, 2.45) is 0 Å². The third kappa shape index (κ3) is 2.58. The molecule has 0 radical (unpaired) electrons. The minimum atomic E-state index is 0.718. The molecule has 3 aromatic rings. The summed E-state index contributed by atoms with van der Waals surface area (Å²) < 4.78 is 1.86. The van der Waals surface area contributed by atoms with Crippen LogP contribution in [-0.4, -0.2) is 9.78 Å². The Morgan fingerprint density at radius 1 is 0.850 bits per heavy atom. The van der Waals surface area contributed by atoms with Gasteiger partial charge in [0.25, 0.3) is 0 Å². The number of rotatable bonds is 2. The zero-order valence-corrected chi connectivity index (χ0v) is 12.4. The lowest BCUT2D eigenvalue weighted by Crippen LogP contribution is -1.94. The second-order valence-electron chi connectivity index (χ2n) is 4.59. The van der Waals surface area contributed by atoms with Crippen LogP contribution in [0.5, 0.6) is 0 Å². The average molecular weight is 303 g/mol. The van der Waals surface area contributed by atoms with E-state index in [9.17, 15) is 0 Å². The van der Waals surface area contributed by atoms with Gasteiger partial charge in [-0.05, 0) is 48.9 Å². The first-order valence-electron chi connectivity index (χ1n) is 6.21. The van der Waals surface area contributed by atoms with Gasteiger partial charge in [-0.25, -0.2) is 4.68 Å². The van der Waals surface area contributed by atoms with Crippen molar-refractivity contribution >= 4 is 23.2 Å². The van der Waals surface area contributed by atoms with Crippen molar-refractivity contribution in [1.82, 2.24) is 9.78 Å². The van der Waals surface area contributed by atoms with Crippen molar-refractivity contribution in [2.45, 2.75) is 6.92 Å². The molecule has 0 aliphatic rings. The first-order valence-corrected chi connectivity index (χ1v) is 6.97. The van der Waals surface area contributed by atoms with Gasteiger partial charge in [-0.3, -0.25) is 0 Å². The fourth-order valence-corrected chi connectivity index (χ4v) is 2.33. The molecule has 0 bridgehead atoms. The van der Waals surface area contributed by atoms with E-state index in [4.69, 9.17) is 23.2 Å². The molecule has 0 N–H and O–H groups in total. The van der Waals surface area contributed by atoms with E-state index >= 15 is 0 Å². The van der Waals surface area contributed by atoms with E-state index in [1.54, 1.807) is 0 Å². The van der Waals surface area contributed by atoms with Crippen molar-refractivity contribution < 1.29 is 0 Å². The van der Waals surface area contributed by atoms with Crippen LogP contribution in [0.2, 0.25) is 10.0 Å². The van der Waals surface area contributed by atoms with Crippen LogP contribution >= 0.6 is 23.2 Å². The van der Waals surface area contributed by atoms with E-state index in [0.29, 0.717) is 0 Å². The molecule has 20 heavy (non-hydrogen) atoms. The van der Waals surface area contributed by atoms with Crippen molar-refractivity contribution in [1.29, 1.82) is 0 Å². The number of hydrogen-bond donors (Lipinski definition) is 0. The lowest BCUT2D eigenvalue weighted by molar-refractivity contribution is 0.884. The predicted molar refractivity (Wildman–Crippen MR) is 83.8 cm³/mol. The van der Waals surface area contributed by atoms with E-state index < -0.39 is 0 Å². The normalized spacial score (nSPS) is 10.8. The molecule has 0 saturated heterocycles. The third-order valence-corrected chi connectivity index (χ3v) is 3.61. The van der Waals surface area contributed by atoms with Gasteiger partial charge in [-0.15, -0.1) is 0 Å². The Morgan fingerprint density at radius 2 is 1.40 bits per heavy atom. The van der Waals surface area contributed by atoms with Crippen molar-refractivity contribution in [3.63, 3.8) is 0 Å². The summed E-state index contributed by atoms with van der Waals surface area (Å²) in [5.41, 5.74) is 4.11. The SMILES string of the molecule is Cc1cn(-c2ccc(Cl)cc2)nc1-c1ccc(Cl)cc1. The number of aryl methyl sites for hydroxylation is 1. The maximum absolute atomic E-state index is 5.92. The lowest BCUT2D eigenvalue weighted by atomic mass is 10.1. The minimum absolute atomic E-state index is 0.718. The van der Waals surface area contributed by atoms with Gasteiger partial charge in [0.15, 0.2) is 0 Å². The van der Waals surface area contributed by atoms with E-state index in [0.717, 1.165) is 32.6 Å². The molecule has 3 rings (SSSR count). The molecule has 1 heterocycles. The van der Waals surface area contributed by atoms with Gasteiger partial charge in [-0.1, -0.05) is 35.3 Å². The smallest absolute Gasteiger partial charge is 0.0956 e. The van der Waals surface area contributed by atoms with E-state index in [1.807, 2.05) is 66.3 Å². The summed E-state index contributed by atoms with van der Waals surface area (Å²) in [7, 11) is 0. The van der Waals surface area contributed by atoms with Crippen LogP contribution in [0.4, 0.5) is 0 Å². The zero-order valence-electron chi connectivity index (χ0n) is 10.8. The van der Waals surface area contributed by atoms with E-state index in [1.165, 1.54) is 0 Å². The largest absolute Gasteiger partial charge is 0.240 e. The number of benzene rings is 2. The first-order chi connectivity index (χ1) is 9.63. The monoisotopic (exact) mass is 302 g/mol. The maximum atomic E-state index is 5.92. The highest BCUT2D eigenvalue weighted by molar-refractivity contribution is 6.30. The third-order valence-electron chi connectivity index (χ3n) is 3.11. The van der Waals surface area contributed by atoms with Crippen LogP contribution in [0.15, 0.2) is 54.7 Å². The minimum Gasteiger partial charge on any atom is -0.240 e. The van der Waals surface area contributed by atoms with Gasteiger partial charge in [0, 0.05) is 21.8 Å². The summed E-state index contributed by atoms with van der Waals surface area (Å²) in [6.07, 6.45) is 2.01. The number of halogens is 2. The van der Waals surface area contributed by atoms with Gasteiger partial charge >= 0.3 is 0 Å². The van der Waals surface area contributed by atoms with Crippen LogP contribution in [0.25, 0.3) is 16.9 Å². The zero-order chi connectivity index (χ0) is 14.1. The van der Waals surface area contributed by atoms with E-state index in [-0.39, 0.29) is 0 Å². The molecular formula is C16H12Cl2N2. The number of aromatic nitrogens is 2. The van der Waals surface area contributed by atoms with E-state index in [2.05, 4.69) is 5.10 Å². The van der Waals surface area contributed by atoms with Crippen molar-refractivity contribution in [3.05, 3.63) is 70.3 Å². The maximum Gasteiger partial charge on any atom is 0.0956 e. The Bertz CT molecular complexity index is 728. The summed E-state index contributed by atoms with van der Waals surface area (Å²) >= 11 is 11.8. The second-order valence-corrected chi connectivity index (χ2v) is 5.46. The molecule has 2 nitrogen and oxygen atoms in total. The summed E-state index contributed by atoms with van der Waals surface area (Å²) in [6.45, 7) is 2.04. The lowest BCUT2D eigenvalue weighted by Gasteiger charge is -2.01. The predicted octanol–water partition coefficient (Wildman–Crippen LogP) is 5.15. The second kappa shape index (κ2) is 5.31. The molecule has 0 saturated carbocycles. The van der Waals surface area contributed by atoms with Gasteiger partial charge in [-0.2, -0.15) is 5.10 Å². The Balaban J connectivity index is 2.02. The molecule has 0 amide bonds. The fourth-order valence-electron chi connectivity index (χ4n) is 2.08. The van der Waals surface area contributed by atoms with Gasteiger partial charge in [0.2, 0.25) is 0 Å². The Morgan fingerprint density at radius 3 is 2.00 bits per heavy atom. The van der Waals surface area contributed by atoms with Gasteiger partial charge < -0.3 is 0 Å². The number of hydrogen-bond acceptors (Lipinski definition) is 1. The number of nitrogens with zero attached hydrogens (tertiary/aromatic N) is 2. The van der Waals surface area contributed by atoms with Crippen molar-refractivity contribution in [3.8, 4) is 16.9 Å². The van der Waals surface area contributed by atoms with Gasteiger partial charge in [0.05, 0.1) is 11.4 Å². The topological polar surface area (TPSA) is 17.8 Å². The van der Waals surface area contributed by atoms with Crippen LogP contribution in [-0.2, 0) is 0 Å². The first kappa shape index (κ1) is 13.2. The highest BCUT2D eigenvalue weighted by atomic mass is 35.5. The summed E-state index contributed by atoms with van der Waals surface area (Å²) in [5, 5.41) is 6.08. The molecular weight excluding hydrogens is 291 g/mol. The van der Waals surface area contributed by atoms with Crippen LogP contribution < -0.4 is 0 Å². The average Bonchev–Trinajstić information content (AvgIpc) is 2.82. The molecule has 2 aromatic carbocycles. The van der Waals surface area contributed by atoms with Crippen LogP contribution in [0, 0.1) is 6.92 Å². The molecule has 0 fully saturated rings. The highest BCUT2D eigenvalue weighted by Gasteiger charge is 2.08. The molecule has 0 aliphatic heterocycles. The molecule has 4 heteroatoms. The molecule has 0 spiro atoms. The van der Waals surface area contributed by atoms with Crippen LogP contribution in [0.3, 0.4) is 0 Å². The molecule has 0 aliphatic carbocycles. The Labute approximate surface area is 127 Å². The summed E-state index contributed by atoms with van der Waals surface area (Å²) in [5.74, 6) is 0. The Kier molecular flexibility index (Phi) is 3.51. The Hall–Kier alpha value is -1.77. The highest BCUT2D eigenvalue weighted by Crippen LogP contribution is 2.24. The summed E-state index contributed by atoms with van der Waals surface area (Å²) in [6, 6.07) is 15.3. The van der Waals surface area contributed by atoms with Gasteiger partial charge in [0.1, 0.15) is 0 Å². The van der Waals surface area contributed by atoms with Crippen molar-refractivity contribution in [2.75, 3.05) is 0 Å². The molecule has 0 unspecified atom stereocenters. The van der Waals surface area contributed by atoms with Crippen LogP contribution in [0.1, 0.15) is 5.56 Å². The standard InChI is InChI=1S/C16H12Cl2N2/c1-11-10-20(15-8-6-14(18)7-9-15)19-16(11)12-2-4-13(17)5-3-12/h2-10H,1H3. The summed E-state index contributed by atoms with van der Waals surface area (Å²) in [4.78, 5) is 0. The fraction of sp³-hybridized carbons (Fsp3) is 0.0625.